The van der Waals surface area contributed by atoms with E-state index in [0.717, 1.165) is 13.0 Å². The van der Waals surface area contributed by atoms with Crippen LogP contribution in [-0.2, 0) is 0 Å². The predicted molar refractivity (Wildman–Crippen MR) is 72.2 cm³/mol. The second-order valence-electron chi connectivity index (χ2n) is 5.13. The lowest BCUT2D eigenvalue weighted by molar-refractivity contribution is 0.285. The molecule has 3 aromatic rings. The number of hydrogen-bond acceptors (Lipinski definition) is 5. The molecule has 1 N–H and O–H groups in total. The zero-order chi connectivity index (χ0) is 14.6. The number of benzene rings is 1. The van der Waals surface area contributed by atoms with E-state index in [1.165, 1.54) is 22.8 Å². The monoisotopic (exact) mass is 290 g/mol. The minimum atomic E-state index is -1.08. The first-order chi connectivity index (χ1) is 10.1. The third kappa shape index (κ3) is 1.74. The summed E-state index contributed by atoms with van der Waals surface area (Å²) >= 11 is 0. The fourth-order valence-electron chi connectivity index (χ4n) is 2.97. The lowest BCUT2D eigenvalue weighted by Gasteiger charge is -2.06. The smallest absolute Gasteiger partial charge is 0.397 e. The van der Waals surface area contributed by atoms with Gasteiger partial charge in [0, 0.05) is 23.4 Å². The van der Waals surface area contributed by atoms with Crippen LogP contribution in [0.25, 0.3) is 16.6 Å². The maximum atomic E-state index is 13.6. The van der Waals surface area contributed by atoms with Crippen LogP contribution < -0.4 is 16.6 Å². The van der Waals surface area contributed by atoms with Crippen LogP contribution in [0.5, 0.6) is 0 Å². The molecule has 1 aromatic carbocycles. The number of hydrogen-bond donors (Lipinski definition) is 1. The highest BCUT2D eigenvalue weighted by molar-refractivity contribution is 5.90. The molecular formula is C14H11FN2O4. The molecule has 1 saturated heterocycles. The van der Waals surface area contributed by atoms with E-state index in [2.05, 4.69) is 5.32 Å². The van der Waals surface area contributed by atoms with E-state index < -0.39 is 17.1 Å². The molecule has 0 radical (unpaired) electrons. The standard InChI is InChI=1S/C14H11FN2O4/c15-8-1-2-10-9(5-8)11(7-3-4-16-6-7)12-17(10)21-14(19)13(18)20-12/h1-2,5,7,16H,3-4,6H2. The van der Waals surface area contributed by atoms with Gasteiger partial charge in [-0.25, -0.2) is 14.0 Å². The molecule has 0 spiro atoms. The number of fused-ring (bicyclic) bond motifs is 3. The number of halogens is 1. The van der Waals surface area contributed by atoms with Gasteiger partial charge in [0.05, 0.1) is 5.52 Å². The normalized spacial score (nSPS) is 18.8. The highest BCUT2D eigenvalue weighted by atomic mass is 19.1. The largest absolute Gasteiger partial charge is 0.442 e. The summed E-state index contributed by atoms with van der Waals surface area (Å²) in [4.78, 5) is 22.9. The number of rotatable bonds is 1. The van der Waals surface area contributed by atoms with E-state index in [0.29, 0.717) is 23.0 Å². The van der Waals surface area contributed by atoms with Crippen molar-refractivity contribution in [2.75, 3.05) is 13.1 Å². The summed E-state index contributed by atoms with van der Waals surface area (Å²) in [5.41, 5.74) is -0.754. The summed E-state index contributed by atoms with van der Waals surface area (Å²) in [6.07, 6.45) is 0.841. The van der Waals surface area contributed by atoms with E-state index in [9.17, 15) is 14.0 Å². The Labute approximate surface area is 116 Å². The Morgan fingerprint density at radius 1 is 1.29 bits per heavy atom. The van der Waals surface area contributed by atoms with Crippen LogP contribution in [0.15, 0.2) is 36.7 Å². The van der Waals surface area contributed by atoms with Gasteiger partial charge in [0.2, 0.25) is 5.71 Å². The first-order valence-electron chi connectivity index (χ1n) is 6.64. The second kappa shape index (κ2) is 4.29. The zero-order valence-electron chi connectivity index (χ0n) is 10.9. The molecule has 7 heteroatoms. The minimum Gasteiger partial charge on any atom is -0.397 e. The van der Waals surface area contributed by atoms with E-state index in [1.807, 2.05) is 0 Å². The summed E-state index contributed by atoms with van der Waals surface area (Å²) in [6, 6.07) is 4.15. The van der Waals surface area contributed by atoms with E-state index in [4.69, 9.17) is 8.94 Å². The zero-order valence-corrected chi connectivity index (χ0v) is 10.9. The SMILES string of the molecule is O=c1oc2c(C3CCNC3)c3cc(F)ccc3n2oc1=O. The number of nitrogens with one attached hydrogen (secondary N) is 1. The summed E-state index contributed by atoms with van der Waals surface area (Å²) in [5.74, 6) is -0.314. The highest BCUT2D eigenvalue weighted by Crippen LogP contribution is 2.35. The average molecular weight is 290 g/mol. The Kier molecular flexibility index (Phi) is 2.52. The molecule has 21 heavy (non-hydrogen) atoms. The molecule has 3 heterocycles. The Hall–Kier alpha value is -2.41. The van der Waals surface area contributed by atoms with Gasteiger partial charge in [-0.15, -0.1) is 4.57 Å². The van der Waals surface area contributed by atoms with Crippen molar-refractivity contribution in [2.24, 2.45) is 0 Å². The van der Waals surface area contributed by atoms with Gasteiger partial charge in [-0.1, -0.05) is 0 Å². The van der Waals surface area contributed by atoms with Gasteiger partial charge in [-0.05, 0) is 31.2 Å². The van der Waals surface area contributed by atoms with Crippen LogP contribution in [0, 0.1) is 5.82 Å². The van der Waals surface area contributed by atoms with Gasteiger partial charge in [-0.2, -0.15) is 0 Å². The van der Waals surface area contributed by atoms with Crippen molar-refractivity contribution in [1.29, 1.82) is 0 Å². The van der Waals surface area contributed by atoms with Crippen LogP contribution in [0.3, 0.4) is 0 Å². The van der Waals surface area contributed by atoms with Gasteiger partial charge in [0.1, 0.15) is 5.82 Å². The van der Waals surface area contributed by atoms with Crippen LogP contribution in [0.1, 0.15) is 17.9 Å². The van der Waals surface area contributed by atoms with Gasteiger partial charge in [0.25, 0.3) is 0 Å². The lowest BCUT2D eigenvalue weighted by Crippen LogP contribution is -2.23. The van der Waals surface area contributed by atoms with Gasteiger partial charge < -0.3 is 14.3 Å². The molecule has 2 aromatic heterocycles. The molecular weight excluding hydrogens is 279 g/mol. The maximum absolute atomic E-state index is 13.6. The van der Waals surface area contributed by atoms with Crippen molar-refractivity contribution < 1.29 is 13.3 Å². The van der Waals surface area contributed by atoms with Crippen molar-refractivity contribution in [3.05, 3.63) is 50.4 Å². The highest BCUT2D eigenvalue weighted by Gasteiger charge is 2.27. The predicted octanol–water partition coefficient (Wildman–Crippen LogP) is 1.21. The van der Waals surface area contributed by atoms with Crippen LogP contribution >= 0.6 is 0 Å². The molecule has 1 unspecified atom stereocenters. The first-order valence-corrected chi connectivity index (χ1v) is 6.64. The van der Waals surface area contributed by atoms with Crippen molar-refractivity contribution >= 4 is 16.6 Å². The molecule has 0 bridgehead atoms. The number of aromatic nitrogens is 1. The molecule has 0 saturated carbocycles. The Bertz CT molecular complexity index is 963. The molecule has 1 fully saturated rings. The van der Waals surface area contributed by atoms with Gasteiger partial charge in [0.15, 0.2) is 0 Å². The fourth-order valence-corrected chi connectivity index (χ4v) is 2.97. The van der Waals surface area contributed by atoms with Crippen LogP contribution in [0.2, 0.25) is 0 Å². The molecule has 4 rings (SSSR count). The van der Waals surface area contributed by atoms with Crippen molar-refractivity contribution in [1.82, 2.24) is 9.89 Å². The first kappa shape index (κ1) is 12.3. The fraction of sp³-hybridized carbons (Fsp3) is 0.286. The second-order valence-corrected chi connectivity index (χ2v) is 5.13. The Balaban J connectivity index is 2.20. The molecule has 1 aliphatic heterocycles. The van der Waals surface area contributed by atoms with Gasteiger partial charge in [-0.3, -0.25) is 0 Å². The summed E-state index contributed by atoms with van der Waals surface area (Å²) in [6.45, 7) is 1.54. The molecule has 0 amide bonds. The third-order valence-corrected chi connectivity index (χ3v) is 3.88. The van der Waals surface area contributed by atoms with Crippen LogP contribution in [-0.4, -0.2) is 17.7 Å². The van der Waals surface area contributed by atoms with Gasteiger partial charge >= 0.3 is 11.3 Å². The van der Waals surface area contributed by atoms with Crippen molar-refractivity contribution in [2.45, 2.75) is 12.3 Å². The summed E-state index contributed by atoms with van der Waals surface area (Å²) < 4.78 is 24.9. The van der Waals surface area contributed by atoms with E-state index >= 15 is 0 Å². The van der Waals surface area contributed by atoms with E-state index in [1.54, 1.807) is 0 Å². The maximum Gasteiger partial charge on any atom is 0.442 e. The average Bonchev–Trinajstić information content (AvgIpc) is 3.05. The van der Waals surface area contributed by atoms with E-state index in [-0.39, 0.29) is 11.6 Å². The topological polar surface area (TPSA) is 76.9 Å². The lowest BCUT2D eigenvalue weighted by atomic mass is 9.97. The molecule has 108 valence electrons. The number of nitrogens with zero attached hydrogens (tertiary/aromatic N) is 1. The quantitative estimate of drug-likeness (QED) is 0.682. The third-order valence-electron chi connectivity index (χ3n) is 3.88. The minimum absolute atomic E-state index is 0.0788. The molecule has 1 aliphatic rings. The summed E-state index contributed by atoms with van der Waals surface area (Å²) in [7, 11) is 0. The molecule has 0 aliphatic carbocycles. The molecule has 6 nitrogen and oxygen atoms in total. The van der Waals surface area contributed by atoms with Crippen molar-refractivity contribution in [3.63, 3.8) is 0 Å². The summed E-state index contributed by atoms with van der Waals surface area (Å²) in [5, 5.41) is 3.81. The van der Waals surface area contributed by atoms with Crippen molar-refractivity contribution in [3.8, 4) is 0 Å². The van der Waals surface area contributed by atoms with Crippen LogP contribution in [0.4, 0.5) is 4.39 Å². The Morgan fingerprint density at radius 3 is 2.90 bits per heavy atom. The molecule has 1 atom stereocenters. The Morgan fingerprint density at radius 2 is 2.14 bits per heavy atom.